The van der Waals surface area contributed by atoms with Gasteiger partial charge in [0.1, 0.15) is 0 Å². The zero-order chi connectivity index (χ0) is 16.5. The summed E-state index contributed by atoms with van der Waals surface area (Å²) >= 11 is 0. The Morgan fingerprint density at radius 3 is 2.00 bits per heavy atom. The third-order valence-electron chi connectivity index (χ3n) is 6.40. The minimum absolute atomic E-state index is 0.729. The molecular formula is C21H36O2. The molecule has 0 aromatic heterocycles. The van der Waals surface area contributed by atoms with Gasteiger partial charge in [0.25, 0.3) is 0 Å². The van der Waals surface area contributed by atoms with Gasteiger partial charge in [-0.2, -0.15) is 0 Å². The first-order chi connectivity index (χ1) is 11.2. The van der Waals surface area contributed by atoms with Crippen LogP contribution >= 0.6 is 0 Å². The molecule has 2 saturated carbocycles. The van der Waals surface area contributed by atoms with Crippen LogP contribution in [0.2, 0.25) is 0 Å². The largest absolute Gasteiger partial charge is 0.478 e. The van der Waals surface area contributed by atoms with Crippen molar-refractivity contribution >= 4 is 5.97 Å². The third-order valence-corrected chi connectivity index (χ3v) is 6.40. The number of hydrogen-bond acceptors (Lipinski definition) is 1. The summed E-state index contributed by atoms with van der Waals surface area (Å²) in [5, 5.41) is 8.66. The average Bonchev–Trinajstić information content (AvgIpc) is 2.56. The van der Waals surface area contributed by atoms with Crippen LogP contribution in [-0.2, 0) is 4.79 Å². The van der Waals surface area contributed by atoms with Crippen molar-refractivity contribution in [2.45, 2.75) is 90.4 Å². The summed E-state index contributed by atoms with van der Waals surface area (Å²) in [5.74, 6) is 2.90. The van der Waals surface area contributed by atoms with Crippen LogP contribution in [0.5, 0.6) is 0 Å². The Bertz CT molecular complexity index is 358. The zero-order valence-corrected chi connectivity index (χ0v) is 15.0. The zero-order valence-electron chi connectivity index (χ0n) is 15.0. The van der Waals surface area contributed by atoms with E-state index in [-0.39, 0.29) is 0 Å². The van der Waals surface area contributed by atoms with Gasteiger partial charge < -0.3 is 5.11 Å². The molecule has 0 unspecified atom stereocenters. The van der Waals surface area contributed by atoms with Crippen LogP contribution in [0.1, 0.15) is 90.4 Å². The molecule has 2 heteroatoms. The van der Waals surface area contributed by atoms with Gasteiger partial charge in [-0.25, -0.2) is 4.79 Å². The normalized spacial score (nSPS) is 32.2. The highest BCUT2D eigenvalue weighted by Crippen LogP contribution is 2.42. The average molecular weight is 321 g/mol. The number of carbonyl (C=O) groups is 1. The topological polar surface area (TPSA) is 37.3 Å². The number of hydrogen-bond donors (Lipinski definition) is 1. The smallest absolute Gasteiger partial charge is 0.327 e. The van der Waals surface area contributed by atoms with Crippen LogP contribution < -0.4 is 0 Å². The molecule has 2 aliphatic carbocycles. The summed E-state index contributed by atoms with van der Waals surface area (Å²) in [6.45, 7) is 2.30. The molecule has 0 amide bonds. The van der Waals surface area contributed by atoms with E-state index in [9.17, 15) is 4.79 Å². The van der Waals surface area contributed by atoms with E-state index < -0.39 is 5.97 Å². The molecule has 1 N–H and O–H groups in total. The van der Waals surface area contributed by atoms with Gasteiger partial charge in [-0.15, -0.1) is 0 Å². The molecule has 0 bridgehead atoms. The van der Waals surface area contributed by atoms with Gasteiger partial charge in [-0.3, -0.25) is 0 Å². The van der Waals surface area contributed by atoms with Crippen molar-refractivity contribution in [2.75, 3.05) is 0 Å². The lowest BCUT2D eigenvalue weighted by atomic mass is 9.68. The van der Waals surface area contributed by atoms with Crippen LogP contribution in [0.3, 0.4) is 0 Å². The minimum atomic E-state index is -0.811. The highest BCUT2D eigenvalue weighted by atomic mass is 16.4. The fraction of sp³-hybridized carbons (Fsp3) is 0.857. The van der Waals surface area contributed by atoms with Crippen molar-refractivity contribution in [1.29, 1.82) is 0 Å². The van der Waals surface area contributed by atoms with Crippen molar-refractivity contribution in [2.24, 2.45) is 23.7 Å². The second-order valence-electron chi connectivity index (χ2n) is 8.03. The van der Waals surface area contributed by atoms with E-state index in [1.165, 1.54) is 83.1 Å². The molecule has 2 rings (SSSR count). The van der Waals surface area contributed by atoms with E-state index in [1.807, 2.05) is 6.08 Å². The molecule has 23 heavy (non-hydrogen) atoms. The summed E-state index contributed by atoms with van der Waals surface area (Å²) in [4.78, 5) is 10.5. The van der Waals surface area contributed by atoms with Crippen LogP contribution in [0.15, 0.2) is 12.2 Å². The lowest BCUT2D eigenvalue weighted by Gasteiger charge is -2.37. The molecule has 2 fully saturated rings. The number of rotatable bonds is 8. The van der Waals surface area contributed by atoms with Gasteiger partial charge >= 0.3 is 5.97 Å². The van der Waals surface area contributed by atoms with Crippen LogP contribution in [-0.4, -0.2) is 11.1 Å². The van der Waals surface area contributed by atoms with Crippen LogP contribution in [0.25, 0.3) is 0 Å². The molecule has 0 aromatic rings. The summed E-state index contributed by atoms with van der Waals surface area (Å²) in [7, 11) is 0. The fourth-order valence-electron chi connectivity index (χ4n) is 4.89. The Morgan fingerprint density at radius 1 is 0.913 bits per heavy atom. The Labute approximate surface area is 142 Å². The summed E-state index contributed by atoms with van der Waals surface area (Å²) < 4.78 is 0. The summed E-state index contributed by atoms with van der Waals surface area (Å²) in [6, 6.07) is 0. The van der Waals surface area contributed by atoms with E-state index in [4.69, 9.17) is 5.11 Å². The molecule has 2 aliphatic rings. The standard InChI is InChI=1S/C21H36O2/c1-2-3-4-6-17-9-13-19(14-10-17)20-15-11-18(12-16-20)7-5-8-21(22)23/h5,8,17-20H,2-4,6-7,9-16H2,1H3,(H,22,23)/b8-5+. The number of aliphatic carboxylic acids is 1. The van der Waals surface area contributed by atoms with Crippen molar-refractivity contribution in [3.63, 3.8) is 0 Å². The molecule has 0 atom stereocenters. The van der Waals surface area contributed by atoms with Crippen LogP contribution in [0.4, 0.5) is 0 Å². The second kappa shape index (κ2) is 10.2. The van der Waals surface area contributed by atoms with Crippen molar-refractivity contribution in [3.05, 3.63) is 12.2 Å². The highest BCUT2D eigenvalue weighted by molar-refractivity contribution is 5.79. The molecule has 0 aliphatic heterocycles. The van der Waals surface area contributed by atoms with Crippen molar-refractivity contribution < 1.29 is 9.90 Å². The molecule has 132 valence electrons. The lowest BCUT2D eigenvalue weighted by Crippen LogP contribution is -2.25. The van der Waals surface area contributed by atoms with E-state index in [0.29, 0.717) is 0 Å². The maximum absolute atomic E-state index is 10.5. The number of unbranched alkanes of at least 4 members (excludes halogenated alkanes) is 2. The number of carboxylic acid groups (broad SMARTS) is 1. The van der Waals surface area contributed by atoms with E-state index in [2.05, 4.69) is 6.92 Å². The first-order valence-corrected chi connectivity index (χ1v) is 10.1. The van der Waals surface area contributed by atoms with E-state index >= 15 is 0 Å². The first-order valence-electron chi connectivity index (χ1n) is 10.1. The van der Waals surface area contributed by atoms with Gasteiger partial charge in [0.15, 0.2) is 0 Å². The SMILES string of the molecule is CCCCCC1CCC(C2CCC(C/C=C/C(=O)O)CC2)CC1. The third kappa shape index (κ3) is 6.69. The van der Waals surface area contributed by atoms with E-state index in [0.717, 1.165) is 30.1 Å². The van der Waals surface area contributed by atoms with Gasteiger partial charge in [0.2, 0.25) is 0 Å². The van der Waals surface area contributed by atoms with E-state index in [1.54, 1.807) is 0 Å². The van der Waals surface area contributed by atoms with Crippen molar-refractivity contribution in [3.8, 4) is 0 Å². The quantitative estimate of drug-likeness (QED) is 0.426. The monoisotopic (exact) mass is 320 g/mol. The molecular weight excluding hydrogens is 284 g/mol. The van der Waals surface area contributed by atoms with Gasteiger partial charge in [-0.05, 0) is 68.6 Å². The predicted molar refractivity (Wildman–Crippen MR) is 96.4 cm³/mol. The first kappa shape index (κ1) is 18.5. The Balaban J connectivity index is 1.62. The second-order valence-corrected chi connectivity index (χ2v) is 8.03. The number of allylic oxidation sites excluding steroid dienone is 1. The van der Waals surface area contributed by atoms with Gasteiger partial charge in [0.05, 0.1) is 0 Å². The molecule has 0 aromatic carbocycles. The highest BCUT2D eigenvalue weighted by Gasteiger charge is 2.30. The van der Waals surface area contributed by atoms with Gasteiger partial charge in [-0.1, -0.05) is 51.5 Å². The number of carboxylic acids is 1. The fourth-order valence-corrected chi connectivity index (χ4v) is 4.89. The summed E-state index contributed by atoms with van der Waals surface area (Å²) in [5.41, 5.74) is 0. The lowest BCUT2D eigenvalue weighted by molar-refractivity contribution is -0.131. The summed E-state index contributed by atoms with van der Waals surface area (Å²) in [6.07, 6.45) is 21.1. The minimum Gasteiger partial charge on any atom is -0.478 e. The maximum Gasteiger partial charge on any atom is 0.327 e. The molecule has 2 nitrogen and oxygen atoms in total. The predicted octanol–water partition coefficient (Wildman–Crippen LogP) is 6.21. The van der Waals surface area contributed by atoms with Crippen LogP contribution in [0, 0.1) is 23.7 Å². The molecule has 0 saturated heterocycles. The Hall–Kier alpha value is -0.790. The molecule has 0 radical (unpaired) electrons. The van der Waals surface area contributed by atoms with Crippen molar-refractivity contribution in [1.82, 2.24) is 0 Å². The Morgan fingerprint density at radius 2 is 1.48 bits per heavy atom. The Kier molecular flexibility index (Phi) is 8.19. The maximum atomic E-state index is 10.5. The van der Waals surface area contributed by atoms with Gasteiger partial charge in [0, 0.05) is 6.08 Å². The molecule has 0 heterocycles. The molecule has 0 spiro atoms.